The van der Waals surface area contributed by atoms with Crippen LogP contribution in [0.3, 0.4) is 0 Å². The van der Waals surface area contributed by atoms with Crippen LogP contribution in [0.2, 0.25) is 0 Å². The zero-order valence-corrected chi connectivity index (χ0v) is 12.0. The highest BCUT2D eigenvalue weighted by Gasteiger charge is 2.10. The van der Waals surface area contributed by atoms with Gasteiger partial charge >= 0.3 is 5.97 Å². The number of esters is 1. The molecule has 0 saturated carbocycles. The Morgan fingerprint density at radius 2 is 1.91 bits per heavy atom. The Morgan fingerprint density at radius 1 is 1.18 bits per heavy atom. The molecular weight excluding hydrogens is 280 g/mol. The fourth-order valence-corrected chi connectivity index (χ4v) is 1.76. The minimum Gasteiger partial charge on any atom is -0.425 e. The average Bonchev–Trinajstić information content (AvgIpc) is 2.55. The van der Waals surface area contributed by atoms with Gasteiger partial charge < -0.3 is 10.1 Å². The summed E-state index contributed by atoms with van der Waals surface area (Å²) in [7, 11) is 0. The van der Waals surface area contributed by atoms with E-state index >= 15 is 0 Å². The second kappa shape index (κ2) is 7.04. The van der Waals surface area contributed by atoms with Crippen LogP contribution in [0.15, 0.2) is 48.5 Å². The van der Waals surface area contributed by atoms with Gasteiger partial charge in [0.15, 0.2) is 0 Å². The Hall–Kier alpha value is -3.13. The van der Waals surface area contributed by atoms with E-state index in [9.17, 15) is 9.59 Å². The third-order valence-corrected chi connectivity index (χ3v) is 2.90. The van der Waals surface area contributed by atoms with E-state index in [4.69, 9.17) is 10.00 Å². The van der Waals surface area contributed by atoms with Gasteiger partial charge in [0.05, 0.1) is 11.6 Å². The van der Waals surface area contributed by atoms with Gasteiger partial charge in [-0.2, -0.15) is 5.26 Å². The van der Waals surface area contributed by atoms with Crippen LogP contribution >= 0.6 is 0 Å². The van der Waals surface area contributed by atoms with Gasteiger partial charge in [-0.05, 0) is 37.3 Å². The van der Waals surface area contributed by atoms with Gasteiger partial charge in [-0.1, -0.05) is 23.8 Å². The summed E-state index contributed by atoms with van der Waals surface area (Å²) in [4.78, 5) is 23.6. The number of hydrogen-bond acceptors (Lipinski definition) is 4. The summed E-state index contributed by atoms with van der Waals surface area (Å²) in [5.74, 6) is -0.567. The van der Waals surface area contributed by atoms with Gasteiger partial charge in [-0.25, -0.2) is 4.79 Å². The topological polar surface area (TPSA) is 79.2 Å². The van der Waals surface area contributed by atoms with Crippen LogP contribution in [0.5, 0.6) is 5.75 Å². The fourth-order valence-electron chi connectivity index (χ4n) is 1.76. The fraction of sp³-hybridized carbons (Fsp3) is 0.118. The molecule has 0 spiro atoms. The highest BCUT2D eigenvalue weighted by atomic mass is 16.5. The number of amides is 1. The van der Waals surface area contributed by atoms with E-state index < -0.39 is 11.9 Å². The number of ether oxygens (including phenoxy) is 1. The Labute approximate surface area is 128 Å². The summed E-state index contributed by atoms with van der Waals surface area (Å²) in [6.07, 6.45) is 0. The lowest BCUT2D eigenvalue weighted by atomic mass is 10.1. The van der Waals surface area contributed by atoms with Crippen LogP contribution < -0.4 is 10.1 Å². The molecule has 0 bridgehead atoms. The molecule has 0 saturated heterocycles. The summed E-state index contributed by atoms with van der Waals surface area (Å²) >= 11 is 0. The first-order chi connectivity index (χ1) is 10.6. The molecule has 2 aromatic carbocycles. The van der Waals surface area contributed by atoms with Crippen molar-refractivity contribution in [1.82, 2.24) is 5.32 Å². The SMILES string of the molecule is Cc1ccc(OC(=O)CNC(=O)c2cccc(C#N)c2)cc1. The van der Waals surface area contributed by atoms with Gasteiger partial charge in [0.2, 0.25) is 0 Å². The summed E-state index contributed by atoms with van der Waals surface area (Å²) in [5.41, 5.74) is 1.77. The van der Waals surface area contributed by atoms with Gasteiger partial charge in [-0.3, -0.25) is 4.79 Å². The molecule has 0 aliphatic carbocycles. The molecule has 0 unspecified atom stereocenters. The quantitative estimate of drug-likeness (QED) is 0.692. The van der Waals surface area contributed by atoms with Crippen molar-refractivity contribution in [2.75, 3.05) is 6.54 Å². The van der Waals surface area contributed by atoms with Crippen LogP contribution in [0.4, 0.5) is 0 Å². The molecule has 0 aliphatic rings. The van der Waals surface area contributed by atoms with E-state index in [1.54, 1.807) is 30.3 Å². The smallest absolute Gasteiger partial charge is 0.330 e. The van der Waals surface area contributed by atoms with Crippen molar-refractivity contribution < 1.29 is 14.3 Å². The molecule has 110 valence electrons. The number of aryl methyl sites for hydroxylation is 1. The molecule has 0 heterocycles. The zero-order valence-electron chi connectivity index (χ0n) is 12.0. The van der Waals surface area contributed by atoms with Crippen LogP contribution in [-0.4, -0.2) is 18.4 Å². The largest absolute Gasteiger partial charge is 0.425 e. The minimum absolute atomic E-state index is 0.247. The monoisotopic (exact) mass is 294 g/mol. The first kappa shape index (κ1) is 15.3. The van der Waals surface area contributed by atoms with E-state index in [0.29, 0.717) is 16.9 Å². The Morgan fingerprint density at radius 3 is 2.59 bits per heavy atom. The Bertz CT molecular complexity index is 730. The maximum Gasteiger partial charge on any atom is 0.330 e. The van der Waals surface area contributed by atoms with E-state index in [2.05, 4.69) is 5.32 Å². The van der Waals surface area contributed by atoms with Crippen molar-refractivity contribution in [1.29, 1.82) is 5.26 Å². The highest BCUT2D eigenvalue weighted by Crippen LogP contribution is 2.11. The number of carbonyl (C=O) groups is 2. The number of carbonyl (C=O) groups excluding carboxylic acids is 2. The lowest BCUT2D eigenvalue weighted by Gasteiger charge is -2.06. The maximum absolute atomic E-state index is 11.9. The standard InChI is InChI=1S/C17H14N2O3/c1-12-5-7-15(8-6-12)22-16(20)11-19-17(21)14-4-2-3-13(9-14)10-18/h2-9H,11H2,1H3,(H,19,21). The summed E-state index contributed by atoms with van der Waals surface area (Å²) < 4.78 is 5.09. The minimum atomic E-state index is -0.561. The van der Waals surface area contributed by atoms with Crippen LogP contribution in [-0.2, 0) is 4.79 Å². The lowest BCUT2D eigenvalue weighted by Crippen LogP contribution is -2.31. The highest BCUT2D eigenvalue weighted by molar-refractivity contribution is 5.96. The maximum atomic E-state index is 11.9. The van der Waals surface area contributed by atoms with E-state index in [0.717, 1.165) is 5.56 Å². The third-order valence-electron chi connectivity index (χ3n) is 2.90. The van der Waals surface area contributed by atoms with Gasteiger partial charge in [0.25, 0.3) is 5.91 Å². The van der Waals surface area contributed by atoms with E-state index in [1.807, 2.05) is 25.1 Å². The summed E-state index contributed by atoms with van der Waals surface area (Å²) in [6, 6.07) is 15.2. The second-order valence-corrected chi connectivity index (χ2v) is 4.66. The van der Waals surface area contributed by atoms with Crippen molar-refractivity contribution in [3.05, 3.63) is 65.2 Å². The molecule has 0 aromatic heterocycles. The third kappa shape index (κ3) is 4.18. The van der Waals surface area contributed by atoms with Gasteiger partial charge in [-0.15, -0.1) is 0 Å². The summed E-state index contributed by atoms with van der Waals surface area (Å²) in [6.45, 7) is 1.69. The molecule has 22 heavy (non-hydrogen) atoms. The van der Waals surface area contributed by atoms with Gasteiger partial charge in [0.1, 0.15) is 12.3 Å². The van der Waals surface area contributed by atoms with Crippen LogP contribution in [0, 0.1) is 18.3 Å². The van der Waals surface area contributed by atoms with Crippen molar-refractivity contribution in [2.45, 2.75) is 6.92 Å². The molecule has 0 fully saturated rings. The first-order valence-corrected chi connectivity index (χ1v) is 6.64. The summed E-state index contributed by atoms with van der Waals surface area (Å²) in [5, 5.41) is 11.2. The number of rotatable bonds is 4. The Balaban J connectivity index is 1.89. The van der Waals surface area contributed by atoms with Crippen molar-refractivity contribution in [3.8, 4) is 11.8 Å². The van der Waals surface area contributed by atoms with Crippen molar-refractivity contribution in [2.24, 2.45) is 0 Å². The lowest BCUT2D eigenvalue weighted by molar-refractivity contribution is -0.133. The molecule has 5 nitrogen and oxygen atoms in total. The molecular formula is C17H14N2O3. The van der Waals surface area contributed by atoms with Gasteiger partial charge in [0, 0.05) is 5.56 Å². The van der Waals surface area contributed by atoms with Crippen LogP contribution in [0.25, 0.3) is 0 Å². The number of nitrogens with one attached hydrogen (secondary N) is 1. The van der Waals surface area contributed by atoms with Crippen LogP contribution in [0.1, 0.15) is 21.5 Å². The average molecular weight is 294 g/mol. The molecule has 0 atom stereocenters. The van der Waals surface area contributed by atoms with Crippen molar-refractivity contribution in [3.63, 3.8) is 0 Å². The predicted octanol–water partition coefficient (Wildman–Crippen LogP) is 2.20. The second-order valence-electron chi connectivity index (χ2n) is 4.66. The molecule has 1 amide bonds. The molecule has 0 radical (unpaired) electrons. The zero-order chi connectivity index (χ0) is 15.9. The molecule has 0 aliphatic heterocycles. The number of nitrogens with zero attached hydrogens (tertiary/aromatic N) is 1. The molecule has 2 rings (SSSR count). The predicted molar refractivity (Wildman–Crippen MR) is 80.3 cm³/mol. The number of nitriles is 1. The van der Waals surface area contributed by atoms with E-state index in [-0.39, 0.29) is 6.54 Å². The molecule has 1 N–H and O–H groups in total. The Kier molecular flexibility index (Phi) is 4.89. The van der Waals surface area contributed by atoms with Crippen molar-refractivity contribution >= 4 is 11.9 Å². The number of benzene rings is 2. The molecule has 2 aromatic rings. The first-order valence-electron chi connectivity index (χ1n) is 6.64. The molecule has 5 heteroatoms. The van der Waals surface area contributed by atoms with E-state index in [1.165, 1.54) is 6.07 Å². The number of hydrogen-bond donors (Lipinski definition) is 1. The normalized spacial score (nSPS) is 9.64.